The number of nitrogens with one attached hydrogen (secondary N) is 1. The molecule has 5 nitrogen and oxygen atoms in total. The molecular weight excluding hydrogens is 286 g/mol. The lowest BCUT2D eigenvalue weighted by Crippen LogP contribution is -2.33. The van der Waals surface area contributed by atoms with E-state index in [2.05, 4.69) is 4.72 Å². The van der Waals surface area contributed by atoms with E-state index < -0.39 is 16.3 Å². The molecular formula is C9H14ClNO4S2. The van der Waals surface area contributed by atoms with Crippen LogP contribution < -0.4 is 4.72 Å². The molecule has 0 aliphatic rings. The van der Waals surface area contributed by atoms with Crippen LogP contribution in [0.5, 0.6) is 0 Å². The maximum atomic E-state index is 11.9. The molecule has 17 heavy (non-hydrogen) atoms. The molecule has 0 fully saturated rings. The van der Waals surface area contributed by atoms with Gasteiger partial charge in [0.1, 0.15) is 4.21 Å². The van der Waals surface area contributed by atoms with Gasteiger partial charge in [0.15, 0.2) is 6.29 Å². The number of methoxy groups -OCH3 is 2. The molecule has 1 aromatic heterocycles. The van der Waals surface area contributed by atoms with Crippen molar-refractivity contribution in [3.05, 3.63) is 16.0 Å². The highest BCUT2D eigenvalue weighted by Gasteiger charge is 2.19. The monoisotopic (exact) mass is 299 g/mol. The highest BCUT2D eigenvalue weighted by molar-refractivity contribution is 7.91. The van der Waals surface area contributed by atoms with Gasteiger partial charge in [-0.15, -0.1) is 11.3 Å². The predicted octanol–water partition coefficient (Wildman–Crippen LogP) is 1.61. The molecule has 1 aromatic rings. The van der Waals surface area contributed by atoms with E-state index in [-0.39, 0.29) is 10.8 Å². The summed E-state index contributed by atoms with van der Waals surface area (Å²) in [5.41, 5.74) is 0.743. The fourth-order valence-corrected chi connectivity index (χ4v) is 3.84. The van der Waals surface area contributed by atoms with Crippen LogP contribution in [0.3, 0.4) is 0 Å². The molecule has 1 rings (SSSR count). The van der Waals surface area contributed by atoms with E-state index in [9.17, 15) is 8.42 Å². The Kier molecular flexibility index (Phi) is 5.36. The van der Waals surface area contributed by atoms with Gasteiger partial charge < -0.3 is 9.47 Å². The zero-order valence-corrected chi connectivity index (χ0v) is 12.1. The van der Waals surface area contributed by atoms with Crippen molar-refractivity contribution in [2.45, 2.75) is 17.4 Å². The summed E-state index contributed by atoms with van der Waals surface area (Å²) >= 11 is 6.85. The first-order valence-electron chi connectivity index (χ1n) is 4.72. The van der Waals surface area contributed by atoms with Crippen LogP contribution in [0, 0.1) is 6.92 Å². The van der Waals surface area contributed by atoms with E-state index >= 15 is 0 Å². The Morgan fingerprint density at radius 1 is 1.47 bits per heavy atom. The molecule has 1 heterocycles. The van der Waals surface area contributed by atoms with Crippen molar-refractivity contribution in [2.24, 2.45) is 0 Å². The number of aryl methyl sites for hydroxylation is 1. The molecule has 0 bridgehead atoms. The fraction of sp³-hybridized carbons (Fsp3) is 0.556. The SMILES string of the molecule is COC(CNS(=O)(=O)c1cc(C)c(Cl)s1)OC. The van der Waals surface area contributed by atoms with Crippen LogP contribution in [-0.4, -0.2) is 35.5 Å². The Balaban J connectivity index is 2.75. The second-order valence-electron chi connectivity index (χ2n) is 3.28. The first-order chi connectivity index (χ1) is 7.90. The molecule has 1 N–H and O–H groups in total. The zero-order chi connectivity index (χ0) is 13.1. The van der Waals surface area contributed by atoms with E-state index in [1.54, 1.807) is 6.92 Å². The maximum absolute atomic E-state index is 11.9. The quantitative estimate of drug-likeness (QED) is 0.811. The van der Waals surface area contributed by atoms with Crippen LogP contribution in [0.1, 0.15) is 5.56 Å². The predicted molar refractivity (Wildman–Crippen MR) is 67.1 cm³/mol. The molecule has 0 amide bonds. The summed E-state index contributed by atoms with van der Waals surface area (Å²) in [7, 11) is -0.675. The number of rotatable bonds is 6. The minimum absolute atomic E-state index is 0.0455. The number of thiophene rings is 1. The third kappa shape index (κ3) is 3.90. The lowest BCUT2D eigenvalue weighted by Gasteiger charge is -2.13. The molecule has 0 unspecified atom stereocenters. The average molecular weight is 300 g/mol. The number of halogens is 1. The average Bonchev–Trinajstić information content (AvgIpc) is 2.61. The van der Waals surface area contributed by atoms with Crippen molar-refractivity contribution in [1.29, 1.82) is 0 Å². The van der Waals surface area contributed by atoms with Gasteiger partial charge in [0.2, 0.25) is 10.0 Å². The van der Waals surface area contributed by atoms with E-state index in [4.69, 9.17) is 21.1 Å². The Labute approximate surface area is 110 Å². The number of hydrogen-bond acceptors (Lipinski definition) is 5. The summed E-state index contributed by atoms with van der Waals surface area (Å²) in [6.07, 6.45) is -0.610. The summed E-state index contributed by atoms with van der Waals surface area (Å²) in [6.45, 7) is 1.80. The van der Waals surface area contributed by atoms with Gasteiger partial charge >= 0.3 is 0 Å². The highest BCUT2D eigenvalue weighted by atomic mass is 35.5. The van der Waals surface area contributed by atoms with Crippen LogP contribution >= 0.6 is 22.9 Å². The van der Waals surface area contributed by atoms with Gasteiger partial charge in [0.05, 0.1) is 10.9 Å². The van der Waals surface area contributed by atoms with Gasteiger partial charge in [-0.1, -0.05) is 11.6 Å². The van der Waals surface area contributed by atoms with E-state index in [1.165, 1.54) is 20.3 Å². The second kappa shape index (κ2) is 6.12. The molecule has 0 aromatic carbocycles. The molecule has 0 spiro atoms. The summed E-state index contributed by atoms with van der Waals surface area (Å²) in [5.74, 6) is 0. The fourth-order valence-electron chi connectivity index (χ4n) is 1.08. The molecule has 0 saturated carbocycles. The lowest BCUT2D eigenvalue weighted by atomic mass is 10.4. The van der Waals surface area contributed by atoms with Crippen LogP contribution in [0.2, 0.25) is 4.34 Å². The molecule has 0 aliphatic heterocycles. The Bertz CT molecular complexity index is 448. The first-order valence-corrected chi connectivity index (χ1v) is 7.39. The van der Waals surface area contributed by atoms with Gasteiger partial charge in [-0.05, 0) is 18.6 Å². The summed E-state index contributed by atoms with van der Waals surface area (Å²) in [4.78, 5) is 0. The highest BCUT2D eigenvalue weighted by Crippen LogP contribution is 2.29. The van der Waals surface area contributed by atoms with Crippen molar-refractivity contribution in [3.8, 4) is 0 Å². The zero-order valence-electron chi connectivity index (χ0n) is 9.69. The molecule has 0 radical (unpaired) electrons. The molecule has 0 aliphatic carbocycles. The Morgan fingerprint density at radius 2 is 2.06 bits per heavy atom. The first kappa shape index (κ1) is 14.9. The molecule has 8 heteroatoms. The minimum atomic E-state index is -3.55. The number of sulfonamides is 1. The van der Waals surface area contributed by atoms with Gasteiger partial charge in [-0.3, -0.25) is 0 Å². The Hall–Kier alpha value is -0.180. The summed E-state index contributed by atoms with van der Waals surface area (Å²) in [5, 5.41) is 0. The third-order valence-electron chi connectivity index (χ3n) is 2.07. The van der Waals surface area contributed by atoms with Gasteiger partial charge in [0, 0.05) is 14.2 Å². The standard InChI is InChI=1S/C9H14ClNO4S2/c1-6-4-8(16-9(6)10)17(12,13)11-5-7(14-2)15-3/h4,7,11H,5H2,1-3H3. The van der Waals surface area contributed by atoms with Crippen molar-refractivity contribution in [2.75, 3.05) is 20.8 Å². The van der Waals surface area contributed by atoms with Crippen LogP contribution in [-0.2, 0) is 19.5 Å². The normalized spacial score (nSPS) is 12.3. The van der Waals surface area contributed by atoms with E-state index in [0.717, 1.165) is 16.9 Å². The number of hydrogen-bond donors (Lipinski definition) is 1. The third-order valence-corrected chi connectivity index (χ3v) is 5.52. The lowest BCUT2D eigenvalue weighted by molar-refractivity contribution is -0.0960. The molecule has 98 valence electrons. The summed E-state index contributed by atoms with van der Waals surface area (Å²) < 4.78 is 36.6. The number of ether oxygens (including phenoxy) is 2. The van der Waals surface area contributed by atoms with E-state index in [1.807, 2.05) is 0 Å². The Morgan fingerprint density at radius 3 is 2.47 bits per heavy atom. The van der Waals surface area contributed by atoms with Gasteiger partial charge in [0.25, 0.3) is 0 Å². The second-order valence-corrected chi connectivity index (χ2v) is 6.92. The maximum Gasteiger partial charge on any atom is 0.250 e. The van der Waals surface area contributed by atoms with Crippen molar-refractivity contribution in [3.63, 3.8) is 0 Å². The minimum Gasteiger partial charge on any atom is -0.355 e. The molecule has 0 atom stereocenters. The van der Waals surface area contributed by atoms with Crippen molar-refractivity contribution in [1.82, 2.24) is 4.72 Å². The molecule has 0 saturated heterocycles. The smallest absolute Gasteiger partial charge is 0.250 e. The van der Waals surface area contributed by atoms with Crippen LogP contribution in [0.25, 0.3) is 0 Å². The largest absolute Gasteiger partial charge is 0.355 e. The van der Waals surface area contributed by atoms with E-state index in [0.29, 0.717) is 4.34 Å². The van der Waals surface area contributed by atoms with Crippen LogP contribution in [0.15, 0.2) is 10.3 Å². The van der Waals surface area contributed by atoms with Crippen LogP contribution in [0.4, 0.5) is 0 Å². The van der Waals surface area contributed by atoms with Gasteiger partial charge in [-0.25, -0.2) is 13.1 Å². The van der Waals surface area contributed by atoms with Gasteiger partial charge in [-0.2, -0.15) is 0 Å². The van der Waals surface area contributed by atoms with Crippen molar-refractivity contribution < 1.29 is 17.9 Å². The summed E-state index contributed by atoms with van der Waals surface area (Å²) in [6, 6.07) is 1.53. The van der Waals surface area contributed by atoms with Crippen molar-refractivity contribution >= 4 is 33.0 Å². The topological polar surface area (TPSA) is 64.6 Å².